The van der Waals surface area contributed by atoms with E-state index >= 15 is 0 Å². The minimum Gasteiger partial charge on any atom is -0.481 e. The zero-order chi connectivity index (χ0) is 23.8. The van der Waals surface area contributed by atoms with E-state index in [1.165, 1.54) is 11.8 Å². The van der Waals surface area contributed by atoms with Gasteiger partial charge in [-0.15, -0.1) is 0 Å². The third-order valence-corrected chi connectivity index (χ3v) is 6.13. The van der Waals surface area contributed by atoms with Gasteiger partial charge in [0.05, 0.1) is 12.5 Å². The third kappa shape index (κ3) is 6.49. The number of aliphatic hydroxyl groups is 1. The Morgan fingerprint density at radius 1 is 1.06 bits per heavy atom. The number of carboxylic acids is 1. The van der Waals surface area contributed by atoms with Crippen LogP contribution in [0.2, 0.25) is 0 Å². The molecule has 2 amide bonds. The Morgan fingerprint density at radius 2 is 1.67 bits per heavy atom. The van der Waals surface area contributed by atoms with Crippen LogP contribution in [0.4, 0.5) is 4.79 Å². The predicted molar refractivity (Wildman–Crippen MR) is 126 cm³/mol. The number of hydrogen-bond donors (Lipinski definition) is 4. The number of ether oxygens (including phenoxy) is 1. The fourth-order valence-corrected chi connectivity index (χ4v) is 4.37. The summed E-state index contributed by atoms with van der Waals surface area (Å²) >= 11 is 1.53. The summed E-state index contributed by atoms with van der Waals surface area (Å²) in [5.74, 6) is -1.12. The van der Waals surface area contributed by atoms with Crippen molar-refractivity contribution in [3.63, 3.8) is 0 Å². The minimum absolute atomic E-state index is 0.0900. The van der Waals surface area contributed by atoms with Gasteiger partial charge in [0.25, 0.3) is 0 Å². The summed E-state index contributed by atoms with van der Waals surface area (Å²) < 4.78 is 5.51. The molecule has 0 heterocycles. The van der Waals surface area contributed by atoms with Crippen LogP contribution in [-0.4, -0.2) is 65.5 Å². The maximum atomic E-state index is 12.5. The summed E-state index contributed by atoms with van der Waals surface area (Å²) in [6, 6.07) is 15.2. The molecule has 1 aliphatic carbocycles. The molecule has 2 atom stereocenters. The van der Waals surface area contributed by atoms with Crippen molar-refractivity contribution in [2.75, 3.05) is 25.2 Å². The highest BCUT2D eigenvalue weighted by atomic mass is 32.2. The molecule has 0 fully saturated rings. The number of aliphatic carboxylic acids is 1. The molecule has 0 saturated heterocycles. The average Bonchev–Trinajstić information content (AvgIpc) is 3.12. The number of benzene rings is 2. The minimum atomic E-state index is -1.21. The lowest BCUT2D eigenvalue weighted by molar-refractivity contribution is -0.139. The molecule has 2 aromatic rings. The van der Waals surface area contributed by atoms with Gasteiger partial charge in [0.2, 0.25) is 5.91 Å². The number of hydrogen-bond acceptors (Lipinski definition) is 6. The molecule has 0 aliphatic heterocycles. The van der Waals surface area contributed by atoms with Crippen LogP contribution >= 0.6 is 11.8 Å². The predicted octanol–water partition coefficient (Wildman–Crippen LogP) is 2.60. The van der Waals surface area contributed by atoms with E-state index in [9.17, 15) is 19.5 Å². The van der Waals surface area contributed by atoms with Crippen molar-refractivity contribution in [1.82, 2.24) is 10.6 Å². The zero-order valence-corrected chi connectivity index (χ0v) is 19.1. The maximum absolute atomic E-state index is 12.5. The molecule has 1 unspecified atom stereocenters. The summed E-state index contributed by atoms with van der Waals surface area (Å²) in [6.45, 7) is -0.0820. The van der Waals surface area contributed by atoms with Gasteiger partial charge in [-0.3, -0.25) is 9.59 Å². The molecular weight excluding hydrogens is 444 g/mol. The Labute approximate surface area is 196 Å². The van der Waals surface area contributed by atoms with Crippen LogP contribution in [0.3, 0.4) is 0 Å². The number of carboxylic acid groups (broad SMARTS) is 1. The van der Waals surface area contributed by atoms with Crippen molar-refractivity contribution in [2.24, 2.45) is 0 Å². The molecule has 8 nitrogen and oxygen atoms in total. The van der Waals surface area contributed by atoms with Gasteiger partial charge in [-0.05, 0) is 40.7 Å². The van der Waals surface area contributed by atoms with E-state index in [0.29, 0.717) is 12.2 Å². The number of carbonyl (C=O) groups excluding carboxylic acids is 2. The molecule has 0 aromatic heterocycles. The van der Waals surface area contributed by atoms with Gasteiger partial charge >= 0.3 is 12.1 Å². The van der Waals surface area contributed by atoms with Gasteiger partial charge in [-0.2, -0.15) is 11.8 Å². The first kappa shape index (κ1) is 24.6. The molecule has 1 aliphatic rings. The zero-order valence-electron chi connectivity index (χ0n) is 18.3. The number of carbonyl (C=O) groups is 3. The second-order valence-electron chi connectivity index (χ2n) is 7.80. The number of nitrogens with one attached hydrogen (secondary N) is 2. The van der Waals surface area contributed by atoms with Crippen molar-refractivity contribution in [3.8, 4) is 11.1 Å². The fourth-order valence-electron chi connectivity index (χ4n) is 3.90. The Hall–Kier alpha value is -3.04. The summed E-state index contributed by atoms with van der Waals surface area (Å²) in [5.41, 5.74) is 4.43. The number of fused-ring (bicyclic) bond motifs is 3. The highest BCUT2D eigenvalue weighted by Crippen LogP contribution is 2.44. The summed E-state index contributed by atoms with van der Waals surface area (Å²) in [4.78, 5) is 35.7. The highest BCUT2D eigenvalue weighted by molar-refractivity contribution is 7.98. The van der Waals surface area contributed by atoms with Crippen LogP contribution in [0.1, 0.15) is 29.9 Å². The van der Waals surface area contributed by atoms with Crippen molar-refractivity contribution >= 4 is 29.7 Å². The largest absolute Gasteiger partial charge is 0.481 e. The average molecular weight is 473 g/mol. The number of amides is 2. The SMILES string of the molecule is CSCC[C@@H](NC(=O)OCC1c2ccccc2-c2ccccc21)C(=O)NCC(O)CC(=O)O. The molecular formula is C24H28N2O6S. The first-order valence-corrected chi connectivity index (χ1v) is 12.1. The van der Waals surface area contributed by atoms with Crippen molar-refractivity contribution < 1.29 is 29.3 Å². The Bertz CT molecular complexity index is 953. The number of alkyl carbamates (subject to hydrolysis) is 1. The van der Waals surface area contributed by atoms with E-state index in [-0.39, 0.29) is 19.1 Å². The Morgan fingerprint density at radius 3 is 2.24 bits per heavy atom. The fraction of sp³-hybridized carbons (Fsp3) is 0.375. The van der Waals surface area contributed by atoms with Gasteiger partial charge in [0.15, 0.2) is 0 Å². The molecule has 4 N–H and O–H groups in total. The van der Waals surface area contributed by atoms with Crippen LogP contribution in [0, 0.1) is 0 Å². The number of aliphatic hydroxyl groups excluding tert-OH is 1. The smallest absolute Gasteiger partial charge is 0.407 e. The van der Waals surface area contributed by atoms with E-state index in [2.05, 4.69) is 22.8 Å². The summed E-state index contributed by atoms with van der Waals surface area (Å²) in [5, 5.41) is 23.5. The standard InChI is InChI=1S/C24H28N2O6S/c1-33-11-10-21(23(30)25-13-15(27)12-22(28)29)26-24(31)32-14-20-18-8-4-2-6-16(18)17-7-3-5-9-19(17)20/h2-9,15,20-21,27H,10-14H2,1H3,(H,25,30)(H,26,31)(H,28,29)/t15?,21-/m1/s1. The molecule has 3 rings (SSSR count). The van der Waals surface area contributed by atoms with E-state index < -0.39 is 36.5 Å². The van der Waals surface area contributed by atoms with E-state index in [1.807, 2.05) is 42.7 Å². The monoisotopic (exact) mass is 472 g/mol. The van der Waals surface area contributed by atoms with Gasteiger partial charge in [0.1, 0.15) is 12.6 Å². The molecule has 9 heteroatoms. The lowest BCUT2D eigenvalue weighted by Crippen LogP contribution is -2.49. The molecule has 0 spiro atoms. The highest BCUT2D eigenvalue weighted by Gasteiger charge is 2.29. The number of rotatable bonds is 11. The van der Waals surface area contributed by atoms with Gasteiger partial charge < -0.3 is 25.6 Å². The first-order chi connectivity index (χ1) is 15.9. The quantitative estimate of drug-likeness (QED) is 0.396. The van der Waals surface area contributed by atoms with E-state index in [0.717, 1.165) is 22.3 Å². The van der Waals surface area contributed by atoms with E-state index in [1.54, 1.807) is 0 Å². The molecule has 0 bridgehead atoms. The van der Waals surface area contributed by atoms with Crippen LogP contribution in [0.15, 0.2) is 48.5 Å². The second-order valence-corrected chi connectivity index (χ2v) is 8.79. The van der Waals surface area contributed by atoms with Gasteiger partial charge in [0, 0.05) is 12.5 Å². The molecule has 176 valence electrons. The lowest BCUT2D eigenvalue weighted by Gasteiger charge is -2.20. The van der Waals surface area contributed by atoms with Crippen LogP contribution < -0.4 is 10.6 Å². The Balaban J connectivity index is 1.59. The summed E-state index contributed by atoms with van der Waals surface area (Å²) in [7, 11) is 0. The molecule has 33 heavy (non-hydrogen) atoms. The van der Waals surface area contributed by atoms with Crippen molar-refractivity contribution in [3.05, 3.63) is 59.7 Å². The van der Waals surface area contributed by atoms with Crippen LogP contribution in [0.25, 0.3) is 11.1 Å². The topological polar surface area (TPSA) is 125 Å². The second kappa shape index (κ2) is 11.7. The first-order valence-electron chi connectivity index (χ1n) is 10.7. The van der Waals surface area contributed by atoms with Gasteiger partial charge in [-0.25, -0.2) is 4.79 Å². The summed E-state index contributed by atoms with van der Waals surface area (Å²) in [6.07, 6.45) is -0.132. The van der Waals surface area contributed by atoms with Crippen LogP contribution in [0.5, 0.6) is 0 Å². The molecule has 2 aromatic carbocycles. The Kier molecular flexibility index (Phi) is 8.73. The van der Waals surface area contributed by atoms with E-state index in [4.69, 9.17) is 9.84 Å². The van der Waals surface area contributed by atoms with Crippen molar-refractivity contribution in [1.29, 1.82) is 0 Å². The maximum Gasteiger partial charge on any atom is 0.407 e. The van der Waals surface area contributed by atoms with Crippen LogP contribution in [-0.2, 0) is 14.3 Å². The molecule has 0 saturated carbocycles. The molecule has 0 radical (unpaired) electrons. The van der Waals surface area contributed by atoms with Crippen molar-refractivity contribution in [2.45, 2.75) is 30.9 Å². The normalized spacial score (nSPS) is 14.0. The number of thioether (sulfide) groups is 1. The lowest BCUT2D eigenvalue weighted by atomic mass is 9.98. The van der Waals surface area contributed by atoms with Gasteiger partial charge in [-0.1, -0.05) is 48.5 Å². The third-order valence-electron chi connectivity index (χ3n) is 5.49.